The standard InChI is InChI=1S/C19H16ClNO2/c1-2-23-18-11-10-14(20)12-17(18)21-19(22)16-9-5-7-13-6-3-4-8-15(13)16/h3-12H,2H2,1H3,(H,21,22). The molecule has 0 atom stereocenters. The molecule has 23 heavy (non-hydrogen) atoms. The average Bonchev–Trinajstić information content (AvgIpc) is 2.57. The van der Waals surface area contributed by atoms with Crippen molar-refractivity contribution in [1.82, 2.24) is 0 Å². The second-order valence-electron chi connectivity index (χ2n) is 5.05. The molecule has 0 saturated heterocycles. The van der Waals surface area contributed by atoms with Crippen LogP contribution < -0.4 is 10.1 Å². The highest BCUT2D eigenvalue weighted by molar-refractivity contribution is 6.31. The summed E-state index contributed by atoms with van der Waals surface area (Å²) in [5.41, 5.74) is 1.18. The van der Waals surface area contributed by atoms with E-state index >= 15 is 0 Å². The van der Waals surface area contributed by atoms with Gasteiger partial charge >= 0.3 is 0 Å². The Hall–Kier alpha value is -2.52. The van der Waals surface area contributed by atoms with E-state index in [9.17, 15) is 4.79 Å². The van der Waals surface area contributed by atoms with Crippen LogP contribution in [0.1, 0.15) is 17.3 Å². The zero-order valence-electron chi connectivity index (χ0n) is 12.7. The van der Waals surface area contributed by atoms with Gasteiger partial charge < -0.3 is 10.1 Å². The van der Waals surface area contributed by atoms with Gasteiger partial charge in [-0.2, -0.15) is 0 Å². The molecule has 1 amide bonds. The maximum Gasteiger partial charge on any atom is 0.256 e. The number of benzene rings is 3. The predicted molar refractivity (Wildman–Crippen MR) is 94.5 cm³/mol. The summed E-state index contributed by atoms with van der Waals surface area (Å²) in [6, 6.07) is 18.6. The van der Waals surface area contributed by atoms with E-state index in [1.54, 1.807) is 18.2 Å². The first-order valence-corrected chi connectivity index (χ1v) is 7.78. The van der Waals surface area contributed by atoms with E-state index in [0.29, 0.717) is 28.6 Å². The second kappa shape index (κ2) is 6.71. The molecule has 0 aliphatic rings. The van der Waals surface area contributed by atoms with E-state index in [0.717, 1.165) is 10.8 Å². The van der Waals surface area contributed by atoms with Gasteiger partial charge in [0.2, 0.25) is 0 Å². The Morgan fingerprint density at radius 3 is 2.70 bits per heavy atom. The van der Waals surface area contributed by atoms with Crippen molar-refractivity contribution in [2.75, 3.05) is 11.9 Å². The van der Waals surface area contributed by atoms with Crippen LogP contribution in [-0.4, -0.2) is 12.5 Å². The number of fused-ring (bicyclic) bond motifs is 1. The SMILES string of the molecule is CCOc1ccc(Cl)cc1NC(=O)c1cccc2ccccc12. The molecule has 3 aromatic rings. The zero-order valence-corrected chi connectivity index (χ0v) is 13.4. The molecular formula is C19H16ClNO2. The summed E-state index contributed by atoms with van der Waals surface area (Å²) in [5.74, 6) is 0.413. The monoisotopic (exact) mass is 325 g/mol. The Balaban J connectivity index is 1.97. The zero-order chi connectivity index (χ0) is 16.2. The lowest BCUT2D eigenvalue weighted by atomic mass is 10.0. The van der Waals surface area contributed by atoms with Crippen LogP contribution >= 0.6 is 11.6 Å². The van der Waals surface area contributed by atoms with Gasteiger partial charge in [-0.3, -0.25) is 4.79 Å². The predicted octanol–water partition coefficient (Wildman–Crippen LogP) is 5.14. The molecule has 1 N–H and O–H groups in total. The van der Waals surface area contributed by atoms with Crippen molar-refractivity contribution in [3.8, 4) is 5.75 Å². The summed E-state index contributed by atoms with van der Waals surface area (Å²) in [6.45, 7) is 2.41. The second-order valence-corrected chi connectivity index (χ2v) is 5.49. The Bertz CT molecular complexity index is 856. The fourth-order valence-electron chi connectivity index (χ4n) is 2.49. The number of anilines is 1. The van der Waals surface area contributed by atoms with Gasteiger partial charge in [-0.15, -0.1) is 0 Å². The van der Waals surface area contributed by atoms with Gasteiger partial charge in [-0.1, -0.05) is 48.0 Å². The number of carbonyl (C=O) groups excluding carboxylic acids is 1. The number of ether oxygens (including phenoxy) is 1. The molecule has 3 aromatic carbocycles. The molecule has 3 nitrogen and oxygen atoms in total. The van der Waals surface area contributed by atoms with Crippen LogP contribution in [0, 0.1) is 0 Å². The molecule has 0 aromatic heterocycles. The van der Waals surface area contributed by atoms with E-state index in [4.69, 9.17) is 16.3 Å². The number of rotatable bonds is 4. The molecule has 0 spiro atoms. The van der Waals surface area contributed by atoms with Crippen LogP contribution in [0.15, 0.2) is 60.7 Å². The van der Waals surface area contributed by atoms with E-state index < -0.39 is 0 Å². The number of hydrogen-bond acceptors (Lipinski definition) is 2. The highest BCUT2D eigenvalue weighted by Crippen LogP contribution is 2.29. The van der Waals surface area contributed by atoms with Crippen LogP contribution in [0.25, 0.3) is 10.8 Å². The molecule has 3 rings (SSSR count). The van der Waals surface area contributed by atoms with Gasteiger partial charge in [-0.05, 0) is 42.0 Å². The highest BCUT2D eigenvalue weighted by Gasteiger charge is 2.13. The average molecular weight is 326 g/mol. The van der Waals surface area contributed by atoms with Gasteiger partial charge in [0, 0.05) is 10.6 Å². The molecule has 4 heteroatoms. The molecule has 116 valence electrons. The quantitative estimate of drug-likeness (QED) is 0.721. The largest absolute Gasteiger partial charge is 0.492 e. The van der Waals surface area contributed by atoms with Gasteiger partial charge in [0.25, 0.3) is 5.91 Å². The van der Waals surface area contributed by atoms with Crippen LogP contribution in [0.3, 0.4) is 0 Å². The third-order valence-corrected chi connectivity index (χ3v) is 3.76. The Morgan fingerprint density at radius 1 is 1.09 bits per heavy atom. The van der Waals surface area contributed by atoms with Crippen molar-refractivity contribution in [3.63, 3.8) is 0 Å². The Morgan fingerprint density at radius 2 is 1.87 bits per heavy atom. The third-order valence-electron chi connectivity index (χ3n) is 3.52. The van der Waals surface area contributed by atoms with Crippen LogP contribution in [0.2, 0.25) is 5.02 Å². The lowest BCUT2D eigenvalue weighted by molar-refractivity contribution is 0.102. The number of hydrogen-bond donors (Lipinski definition) is 1. The lowest BCUT2D eigenvalue weighted by Crippen LogP contribution is -2.13. The van der Waals surface area contributed by atoms with Gasteiger partial charge in [0.1, 0.15) is 5.75 Å². The first kappa shape index (κ1) is 15.4. The number of halogens is 1. The molecule has 0 aliphatic heterocycles. The van der Waals surface area contributed by atoms with Gasteiger partial charge in [-0.25, -0.2) is 0 Å². The number of amides is 1. The normalized spacial score (nSPS) is 10.5. The summed E-state index contributed by atoms with van der Waals surface area (Å²) in [4.78, 5) is 12.7. The minimum atomic E-state index is -0.190. The maximum absolute atomic E-state index is 12.7. The molecule has 0 heterocycles. The number of nitrogens with one attached hydrogen (secondary N) is 1. The smallest absolute Gasteiger partial charge is 0.256 e. The summed E-state index contributed by atoms with van der Waals surface area (Å²) >= 11 is 6.03. The minimum absolute atomic E-state index is 0.190. The maximum atomic E-state index is 12.7. The fraction of sp³-hybridized carbons (Fsp3) is 0.105. The molecule has 0 saturated carbocycles. The summed E-state index contributed by atoms with van der Waals surface area (Å²) in [5, 5.41) is 5.37. The minimum Gasteiger partial charge on any atom is -0.492 e. The molecule has 0 bridgehead atoms. The van der Waals surface area contributed by atoms with Crippen molar-refractivity contribution in [2.45, 2.75) is 6.92 Å². The Kier molecular flexibility index (Phi) is 4.49. The summed E-state index contributed by atoms with van der Waals surface area (Å²) in [7, 11) is 0. The van der Waals surface area contributed by atoms with E-state index in [-0.39, 0.29) is 5.91 Å². The van der Waals surface area contributed by atoms with Crippen molar-refractivity contribution < 1.29 is 9.53 Å². The van der Waals surface area contributed by atoms with Gasteiger partial charge in [0.05, 0.1) is 12.3 Å². The van der Waals surface area contributed by atoms with Crippen LogP contribution in [0.4, 0.5) is 5.69 Å². The van der Waals surface area contributed by atoms with Crippen molar-refractivity contribution in [3.05, 3.63) is 71.2 Å². The van der Waals surface area contributed by atoms with Crippen molar-refractivity contribution in [2.24, 2.45) is 0 Å². The highest BCUT2D eigenvalue weighted by atomic mass is 35.5. The van der Waals surface area contributed by atoms with Crippen molar-refractivity contribution in [1.29, 1.82) is 0 Å². The van der Waals surface area contributed by atoms with E-state index in [2.05, 4.69) is 5.32 Å². The molecule has 0 unspecified atom stereocenters. The molecular weight excluding hydrogens is 310 g/mol. The topological polar surface area (TPSA) is 38.3 Å². The van der Waals surface area contributed by atoms with Gasteiger partial charge in [0.15, 0.2) is 0 Å². The van der Waals surface area contributed by atoms with E-state index in [1.165, 1.54) is 0 Å². The first-order valence-electron chi connectivity index (χ1n) is 7.40. The first-order chi connectivity index (χ1) is 11.2. The van der Waals surface area contributed by atoms with Crippen LogP contribution in [0.5, 0.6) is 5.75 Å². The Labute approximate surface area is 139 Å². The fourth-order valence-corrected chi connectivity index (χ4v) is 2.67. The summed E-state index contributed by atoms with van der Waals surface area (Å²) < 4.78 is 5.54. The molecule has 0 fully saturated rings. The molecule has 0 radical (unpaired) electrons. The van der Waals surface area contributed by atoms with E-state index in [1.807, 2.05) is 49.4 Å². The third kappa shape index (κ3) is 3.30. The van der Waals surface area contributed by atoms with Crippen molar-refractivity contribution >= 4 is 34.0 Å². The lowest BCUT2D eigenvalue weighted by Gasteiger charge is -2.13. The molecule has 0 aliphatic carbocycles. The van der Waals surface area contributed by atoms with Crippen LogP contribution in [-0.2, 0) is 0 Å². The number of carbonyl (C=O) groups is 1. The summed E-state index contributed by atoms with van der Waals surface area (Å²) in [6.07, 6.45) is 0.